The summed E-state index contributed by atoms with van der Waals surface area (Å²) in [6, 6.07) is 13.9. The van der Waals surface area contributed by atoms with Crippen molar-refractivity contribution in [2.24, 2.45) is 5.10 Å². The Morgan fingerprint density at radius 2 is 2.07 bits per heavy atom. The zero-order chi connectivity index (χ0) is 19.5. The number of hydrogen-bond donors (Lipinski definition) is 1. The maximum atomic E-state index is 13.3. The number of anilines is 2. The molecule has 7 heteroatoms. The van der Waals surface area contributed by atoms with Gasteiger partial charge in [-0.05, 0) is 48.9 Å². The number of rotatable bonds is 5. The van der Waals surface area contributed by atoms with Crippen molar-refractivity contribution in [2.75, 3.05) is 16.9 Å². The summed E-state index contributed by atoms with van der Waals surface area (Å²) < 4.78 is 13.3. The number of hydrazone groups is 1. The van der Waals surface area contributed by atoms with Crippen molar-refractivity contribution < 1.29 is 9.18 Å². The summed E-state index contributed by atoms with van der Waals surface area (Å²) in [4.78, 5) is 17.7. The average Bonchev–Trinajstić information content (AvgIpc) is 3.31. The van der Waals surface area contributed by atoms with Gasteiger partial charge in [-0.25, -0.2) is 9.37 Å². The quantitative estimate of drug-likeness (QED) is 0.682. The molecule has 5 nitrogen and oxygen atoms in total. The molecule has 0 atom stereocenters. The van der Waals surface area contributed by atoms with Crippen LogP contribution in [0.2, 0.25) is 0 Å². The van der Waals surface area contributed by atoms with Crippen LogP contribution in [0, 0.1) is 5.82 Å². The second kappa shape index (κ2) is 7.90. The molecule has 2 heterocycles. The van der Waals surface area contributed by atoms with Crippen LogP contribution >= 0.6 is 11.3 Å². The number of carbonyl (C=O) groups is 1. The van der Waals surface area contributed by atoms with Gasteiger partial charge in [-0.15, -0.1) is 11.3 Å². The van der Waals surface area contributed by atoms with Crippen LogP contribution in [0.3, 0.4) is 0 Å². The fourth-order valence-corrected chi connectivity index (χ4v) is 3.85. The van der Waals surface area contributed by atoms with Gasteiger partial charge in [0.05, 0.1) is 5.69 Å². The van der Waals surface area contributed by atoms with Gasteiger partial charge in [-0.1, -0.05) is 12.1 Å². The molecule has 0 spiro atoms. The third-order valence-corrected chi connectivity index (χ3v) is 5.36. The van der Waals surface area contributed by atoms with E-state index >= 15 is 0 Å². The SMILES string of the molecule is CC1=NN(c2ccc(C(=O)Nc3ncc(Cc4cccc(F)c4)s3)cc2)CC1. The fourth-order valence-electron chi connectivity index (χ4n) is 3.01. The molecule has 0 radical (unpaired) electrons. The number of amides is 1. The minimum atomic E-state index is -0.256. The maximum Gasteiger partial charge on any atom is 0.257 e. The van der Waals surface area contributed by atoms with Gasteiger partial charge < -0.3 is 0 Å². The normalized spacial score (nSPS) is 13.5. The molecule has 3 aromatic rings. The van der Waals surface area contributed by atoms with Gasteiger partial charge in [0.2, 0.25) is 0 Å². The lowest BCUT2D eigenvalue weighted by Crippen LogP contribution is -2.14. The lowest BCUT2D eigenvalue weighted by atomic mass is 10.1. The van der Waals surface area contributed by atoms with E-state index in [-0.39, 0.29) is 11.7 Å². The predicted octanol–water partition coefficient (Wildman–Crippen LogP) is 4.71. The Morgan fingerprint density at radius 3 is 2.79 bits per heavy atom. The largest absolute Gasteiger partial charge is 0.298 e. The van der Waals surface area contributed by atoms with E-state index < -0.39 is 0 Å². The summed E-state index contributed by atoms with van der Waals surface area (Å²) >= 11 is 1.39. The number of nitrogens with zero attached hydrogens (tertiary/aromatic N) is 3. The highest BCUT2D eigenvalue weighted by Gasteiger charge is 2.14. The van der Waals surface area contributed by atoms with Crippen LogP contribution in [0.25, 0.3) is 0 Å². The van der Waals surface area contributed by atoms with Crippen LogP contribution in [-0.4, -0.2) is 23.1 Å². The summed E-state index contributed by atoms with van der Waals surface area (Å²) in [7, 11) is 0. The van der Waals surface area contributed by atoms with Crippen molar-refractivity contribution in [2.45, 2.75) is 19.8 Å². The van der Waals surface area contributed by atoms with Gasteiger partial charge in [-0.2, -0.15) is 5.10 Å². The van der Waals surface area contributed by atoms with E-state index in [0.717, 1.165) is 34.8 Å². The van der Waals surface area contributed by atoms with Crippen molar-refractivity contribution in [3.8, 4) is 0 Å². The summed E-state index contributed by atoms with van der Waals surface area (Å²) in [5.74, 6) is -0.465. The fraction of sp³-hybridized carbons (Fsp3) is 0.190. The number of benzene rings is 2. The predicted molar refractivity (Wildman–Crippen MR) is 111 cm³/mol. The minimum Gasteiger partial charge on any atom is -0.298 e. The average molecular weight is 394 g/mol. The molecule has 28 heavy (non-hydrogen) atoms. The molecule has 1 aliphatic rings. The molecular weight excluding hydrogens is 375 g/mol. The third-order valence-electron chi connectivity index (χ3n) is 4.45. The highest BCUT2D eigenvalue weighted by molar-refractivity contribution is 7.15. The molecule has 1 aromatic heterocycles. The molecule has 1 N–H and O–H groups in total. The van der Waals surface area contributed by atoms with E-state index in [0.29, 0.717) is 17.1 Å². The Labute approximate surface area is 166 Å². The topological polar surface area (TPSA) is 57.6 Å². The van der Waals surface area contributed by atoms with Crippen molar-refractivity contribution in [1.82, 2.24) is 4.98 Å². The van der Waals surface area contributed by atoms with Crippen LogP contribution in [-0.2, 0) is 6.42 Å². The van der Waals surface area contributed by atoms with Gasteiger partial charge >= 0.3 is 0 Å². The Bertz CT molecular complexity index is 1030. The number of aromatic nitrogens is 1. The zero-order valence-corrected chi connectivity index (χ0v) is 16.2. The minimum absolute atomic E-state index is 0.209. The highest BCUT2D eigenvalue weighted by atomic mass is 32.1. The van der Waals surface area contributed by atoms with Crippen molar-refractivity contribution >= 4 is 33.8 Å². The second-order valence-electron chi connectivity index (χ2n) is 6.65. The molecule has 0 bridgehead atoms. The smallest absolute Gasteiger partial charge is 0.257 e. The molecule has 0 aliphatic carbocycles. The number of nitrogens with one attached hydrogen (secondary N) is 1. The van der Waals surface area contributed by atoms with Crippen LogP contribution in [0.4, 0.5) is 15.2 Å². The number of hydrogen-bond acceptors (Lipinski definition) is 5. The van der Waals surface area contributed by atoms with E-state index in [1.54, 1.807) is 24.4 Å². The zero-order valence-electron chi connectivity index (χ0n) is 15.4. The maximum absolute atomic E-state index is 13.3. The number of thiazole rings is 1. The summed E-state index contributed by atoms with van der Waals surface area (Å²) in [6.45, 7) is 2.88. The first-order valence-corrected chi connectivity index (χ1v) is 9.81. The first kappa shape index (κ1) is 18.3. The van der Waals surface area contributed by atoms with Gasteiger partial charge in [0, 0.05) is 41.7 Å². The molecule has 0 fully saturated rings. The van der Waals surface area contributed by atoms with Gasteiger partial charge in [0.25, 0.3) is 5.91 Å². The molecular formula is C21H19FN4OS. The van der Waals surface area contributed by atoms with Crippen LogP contribution < -0.4 is 10.3 Å². The van der Waals surface area contributed by atoms with Crippen molar-refractivity contribution in [3.63, 3.8) is 0 Å². The molecule has 0 unspecified atom stereocenters. The Kier molecular flexibility index (Phi) is 5.16. The summed E-state index contributed by atoms with van der Waals surface area (Å²) in [6.07, 6.45) is 3.25. The highest BCUT2D eigenvalue weighted by Crippen LogP contribution is 2.23. The molecule has 1 aliphatic heterocycles. The standard InChI is InChI=1S/C21H19FN4OS/c1-14-9-10-26(25-14)18-7-5-16(6-8-18)20(27)24-21-23-13-19(28-21)12-15-3-2-4-17(22)11-15/h2-8,11,13H,9-10,12H2,1H3,(H,23,24,27). The van der Waals surface area contributed by atoms with Crippen molar-refractivity contribution in [3.05, 3.63) is 76.5 Å². The molecule has 2 aromatic carbocycles. The lowest BCUT2D eigenvalue weighted by Gasteiger charge is -2.13. The van der Waals surface area contributed by atoms with E-state index in [1.165, 1.54) is 23.5 Å². The van der Waals surface area contributed by atoms with Crippen molar-refractivity contribution in [1.29, 1.82) is 0 Å². The van der Waals surface area contributed by atoms with Crippen LogP contribution in [0.5, 0.6) is 0 Å². The van der Waals surface area contributed by atoms with Crippen LogP contribution in [0.15, 0.2) is 59.8 Å². The molecule has 0 saturated heterocycles. The van der Waals surface area contributed by atoms with Gasteiger partial charge in [0.15, 0.2) is 5.13 Å². The molecule has 4 rings (SSSR count). The molecule has 142 valence electrons. The Balaban J connectivity index is 1.39. The lowest BCUT2D eigenvalue weighted by molar-refractivity contribution is 0.102. The number of carbonyl (C=O) groups excluding carboxylic acids is 1. The Hall–Kier alpha value is -3.06. The first-order valence-electron chi connectivity index (χ1n) is 8.99. The van der Waals surface area contributed by atoms with E-state index in [9.17, 15) is 9.18 Å². The molecule has 0 saturated carbocycles. The molecule has 1 amide bonds. The third kappa shape index (κ3) is 4.26. The van der Waals surface area contributed by atoms with E-state index in [1.807, 2.05) is 30.1 Å². The summed E-state index contributed by atoms with van der Waals surface area (Å²) in [5, 5.41) is 9.76. The van der Waals surface area contributed by atoms with Gasteiger partial charge in [0.1, 0.15) is 5.82 Å². The van der Waals surface area contributed by atoms with Gasteiger partial charge in [-0.3, -0.25) is 15.1 Å². The monoisotopic (exact) mass is 394 g/mol. The summed E-state index contributed by atoms with van der Waals surface area (Å²) in [5.41, 5.74) is 3.52. The van der Waals surface area contributed by atoms with E-state index in [2.05, 4.69) is 15.4 Å². The second-order valence-corrected chi connectivity index (χ2v) is 7.76. The number of halogens is 1. The first-order chi connectivity index (χ1) is 13.6. The van der Waals surface area contributed by atoms with Crippen LogP contribution in [0.1, 0.15) is 34.1 Å². The van der Waals surface area contributed by atoms with E-state index in [4.69, 9.17) is 0 Å². The Morgan fingerprint density at radius 1 is 1.25 bits per heavy atom.